The van der Waals surface area contributed by atoms with E-state index in [1.54, 1.807) is 29.2 Å². The van der Waals surface area contributed by atoms with E-state index in [0.717, 1.165) is 28.6 Å². The van der Waals surface area contributed by atoms with E-state index < -0.39 is 17.5 Å². The Bertz CT molecular complexity index is 981. The number of para-hydroxylation sites is 2. The Balaban J connectivity index is 1.45. The molecule has 2 heterocycles. The van der Waals surface area contributed by atoms with Gasteiger partial charge in [-0.2, -0.15) is 5.10 Å². The number of carbonyl (C=O) groups is 3. The Morgan fingerprint density at radius 3 is 2.70 bits per heavy atom. The predicted octanol–water partition coefficient (Wildman–Crippen LogP) is 3.46. The van der Waals surface area contributed by atoms with E-state index in [9.17, 15) is 14.4 Å². The van der Waals surface area contributed by atoms with Crippen LogP contribution in [0, 0.1) is 5.92 Å². The second kappa shape index (κ2) is 8.22. The van der Waals surface area contributed by atoms with Crippen molar-refractivity contribution in [2.24, 2.45) is 5.92 Å². The number of carbonyl (C=O) groups excluding carboxylic acids is 3. The van der Waals surface area contributed by atoms with Crippen LogP contribution in [0.15, 0.2) is 41.1 Å². The Morgan fingerprint density at radius 2 is 2.03 bits per heavy atom. The Morgan fingerprint density at radius 1 is 1.30 bits per heavy atom. The van der Waals surface area contributed by atoms with Crippen LogP contribution in [0.2, 0.25) is 0 Å². The quantitative estimate of drug-likeness (QED) is 0.649. The van der Waals surface area contributed by atoms with Crippen molar-refractivity contribution >= 4 is 39.5 Å². The molecule has 2 N–H and O–H groups in total. The van der Waals surface area contributed by atoms with Gasteiger partial charge in [0.15, 0.2) is 0 Å². The first-order valence-electron chi connectivity index (χ1n) is 10.2. The zero-order valence-electron chi connectivity index (χ0n) is 16.7. The van der Waals surface area contributed by atoms with Crippen LogP contribution in [0.1, 0.15) is 39.0 Å². The van der Waals surface area contributed by atoms with Crippen molar-refractivity contribution in [3.63, 3.8) is 0 Å². The van der Waals surface area contributed by atoms with Gasteiger partial charge in [-0.3, -0.25) is 14.5 Å². The van der Waals surface area contributed by atoms with Crippen molar-refractivity contribution < 1.29 is 14.4 Å². The standard InChI is InChI=1S/C21H24BrN5O3/c1-2-14-7-9-21(10-8-14)19(29)26(20(30)25-21)13-18(28)24-16-5-3-4-6-17(16)27-12-15(22)11-23-27/h3-6,11-12,14H,2,7-10,13H2,1H3,(H,24,28)(H,25,30). The molecule has 1 aromatic heterocycles. The third-order valence-electron chi connectivity index (χ3n) is 6.06. The number of hydrogen-bond acceptors (Lipinski definition) is 4. The lowest BCUT2D eigenvalue weighted by atomic mass is 9.75. The molecule has 1 spiro atoms. The molecule has 4 rings (SSSR count). The fraction of sp³-hybridized carbons (Fsp3) is 0.429. The van der Waals surface area contributed by atoms with Crippen molar-refractivity contribution in [2.75, 3.05) is 11.9 Å². The zero-order chi connectivity index (χ0) is 21.3. The molecule has 30 heavy (non-hydrogen) atoms. The average Bonchev–Trinajstić information content (AvgIpc) is 3.26. The van der Waals surface area contributed by atoms with E-state index in [1.165, 1.54) is 0 Å². The van der Waals surface area contributed by atoms with Crippen LogP contribution in [0.5, 0.6) is 0 Å². The van der Waals surface area contributed by atoms with Gasteiger partial charge in [0, 0.05) is 6.20 Å². The van der Waals surface area contributed by atoms with Crippen molar-refractivity contribution in [3.8, 4) is 5.69 Å². The molecule has 0 radical (unpaired) electrons. The number of nitrogens with one attached hydrogen (secondary N) is 2. The van der Waals surface area contributed by atoms with Gasteiger partial charge in [0.2, 0.25) is 5.91 Å². The molecule has 0 bridgehead atoms. The van der Waals surface area contributed by atoms with Crippen molar-refractivity contribution in [1.82, 2.24) is 20.0 Å². The number of aromatic nitrogens is 2. The normalized spacial score (nSPS) is 23.7. The van der Waals surface area contributed by atoms with Gasteiger partial charge in [-0.15, -0.1) is 0 Å². The van der Waals surface area contributed by atoms with Gasteiger partial charge < -0.3 is 10.6 Å². The predicted molar refractivity (Wildman–Crippen MR) is 115 cm³/mol. The first kappa shape index (κ1) is 20.6. The third-order valence-corrected chi connectivity index (χ3v) is 6.47. The minimum Gasteiger partial charge on any atom is -0.323 e. The second-order valence-corrected chi connectivity index (χ2v) is 8.84. The minimum atomic E-state index is -0.845. The Hall–Kier alpha value is -2.68. The van der Waals surface area contributed by atoms with Crippen LogP contribution in [0.4, 0.5) is 10.5 Å². The fourth-order valence-corrected chi connectivity index (χ4v) is 4.57. The Labute approximate surface area is 183 Å². The largest absolute Gasteiger partial charge is 0.325 e. The van der Waals surface area contributed by atoms with Crippen molar-refractivity contribution in [2.45, 2.75) is 44.6 Å². The SMILES string of the molecule is CCC1CCC2(CC1)NC(=O)N(CC(=O)Nc1ccccc1-n1cc(Br)cn1)C2=O. The molecular formula is C21H24BrN5O3. The molecule has 1 saturated carbocycles. The molecule has 0 atom stereocenters. The van der Waals surface area contributed by atoms with Gasteiger partial charge in [-0.1, -0.05) is 25.5 Å². The van der Waals surface area contributed by atoms with Gasteiger partial charge in [0.25, 0.3) is 5.91 Å². The van der Waals surface area contributed by atoms with E-state index in [4.69, 9.17) is 0 Å². The van der Waals surface area contributed by atoms with Crippen LogP contribution < -0.4 is 10.6 Å². The molecule has 4 amide bonds. The van der Waals surface area contributed by atoms with Gasteiger partial charge in [-0.05, 0) is 59.7 Å². The lowest BCUT2D eigenvalue weighted by molar-refractivity contribution is -0.135. The summed E-state index contributed by atoms with van der Waals surface area (Å²) in [7, 11) is 0. The first-order chi connectivity index (χ1) is 14.4. The van der Waals surface area contributed by atoms with Gasteiger partial charge >= 0.3 is 6.03 Å². The van der Waals surface area contributed by atoms with Gasteiger partial charge in [-0.25, -0.2) is 9.48 Å². The number of hydrogen-bond donors (Lipinski definition) is 2. The third kappa shape index (κ3) is 3.86. The van der Waals surface area contributed by atoms with E-state index in [0.29, 0.717) is 30.1 Å². The summed E-state index contributed by atoms with van der Waals surface area (Å²) in [6.45, 7) is 1.83. The molecular weight excluding hydrogens is 450 g/mol. The Kier molecular flexibility index (Phi) is 5.64. The lowest BCUT2D eigenvalue weighted by Gasteiger charge is -2.34. The molecule has 1 aromatic carbocycles. The molecule has 8 nitrogen and oxygen atoms in total. The second-order valence-electron chi connectivity index (χ2n) is 7.92. The van der Waals surface area contributed by atoms with E-state index in [-0.39, 0.29) is 12.5 Å². The molecule has 2 fully saturated rings. The van der Waals surface area contributed by atoms with Crippen molar-refractivity contribution in [1.29, 1.82) is 0 Å². The van der Waals surface area contributed by atoms with E-state index in [1.807, 2.05) is 12.1 Å². The molecule has 158 valence electrons. The van der Waals surface area contributed by atoms with Gasteiger partial charge in [0.1, 0.15) is 12.1 Å². The topological polar surface area (TPSA) is 96.3 Å². The number of amides is 4. The molecule has 0 unspecified atom stereocenters. The van der Waals surface area contributed by atoms with Crippen LogP contribution in [-0.2, 0) is 9.59 Å². The summed E-state index contributed by atoms with van der Waals surface area (Å²) < 4.78 is 2.44. The highest BCUT2D eigenvalue weighted by atomic mass is 79.9. The van der Waals surface area contributed by atoms with Crippen LogP contribution >= 0.6 is 15.9 Å². The summed E-state index contributed by atoms with van der Waals surface area (Å²) in [5.74, 6) is -0.130. The van der Waals surface area contributed by atoms with Crippen molar-refractivity contribution in [3.05, 3.63) is 41.1 Å². The first-order valence-corrected chi connectivity index (χ1v) is 10.9. The summed E-state index contributed by atoms with van der Waals surface area (Å²) >= 11 is 3.36. The van der Waals surface area contributed by atoms with Crippen LogP contribution in [0.3, 0.4) is 0 Å². The summed E-state index contributed by atoms with van der Waals surface area (Å²) in [5.41, 5.74) is 0.383. The molecule has 1 saturated heterocycles. The number of nitrogens with zero attached hydrogens (tertiary/aromatic N) is 3. The number of urea groups is 1. The molecule has 1 aliphatic heterocycles. The van der Waals surface area contributed by atoms with E-state index in [2.05, 4.69) is 38.6 Å². The number of anilines is 1. The van der Waals surface area contributed by atoms with Crippen LogP contribution in [-0.4, -0.2) is 44.6 Å². The highest BCUT2D eigenvalue weighted by Crippen LogP contribution is 2.37. The highest BCUT2D eigenvalue weighted by Gasteiger charge is 2.52. The lowest BCUT2D eigenvalue weighted by Crippen LogP contribution is -2.49. The molecule has 1 aliphatic carbocycles. The van der Waals surface area contributed by atoms with Gasteiger partial charge in [0.05, 0.1) is 22.0 Å². The molecule has 9 heteroatoms. The number of halogens is 1. The summed E-state index contributed by atoms with van der Waals surface area (Å²) in [5, 5.41) is 9.91. The monoisotopic (exact) mass is 473 g/mol. The zero-order valence-corrected chi connectivity index (χ0v) is 18.3. The molecule has 2 aromatic rings. The maximum absolute atomic E-state index is 13.0. The smallest absolute Gasteiger partial charge is 0.323 e. The summed E-state index contributed by atoms with van der Waals surface area (Å²) in [6.07, 6.45) is 7.59. The maximum Gasteiger partial charge on any atom is 0.325 e. The highest BCUT2D eigenvalue weighted by molar-refractivity contribution is 9.10. The molecule has 2 aliphatic rings. The summed E-state index contributed by atoms with van der Waals surface area (Å²) in [6, 6.07) is 6.72. The maximum atomic E-state index is 13.0. The average molecular weight is 474 g/mol. The number of rotatable bonds is 5. The summed E-state index contributed by atoms with van der Waals surface area (Å²) in [4.78, 5) is 39.2. The number of benzene rings is 1. The fourth-order valence-electron chi connectivity index (χ4n) is 4.28. The number of imide groups is 1. The minimum absolute atomic E-state index is 0.290. The van der Waals surface area contributed by atoms with E-state index >= 15 is 0 Å². The van der Waals surface area contributed by atoms with Crippen LogP contribution in [0.25, 0.3) is 5.69 Å².